The second-order valence-electron chi connectivity index (χ2n) is 8.16. The van der Waals surface area contributed by atoms with Crippen molar-refractivity contribution < 1.29 is 22.0 Å². The minimum atomic E-state index is -4.70. The van der Waals surface area contributed by atoms with E-state index in [1.165, 1.54) is 11.3 Å². The Morgan fingerprint density at radius 3 is 2.45 bits per heavy atom. The van der Waals surface area contributed by atoms with Gasteiger partial charge in [0, 0.05) is 35.5 Å². The molecule has 11 heteroatoms. The van der Waals surface area contributed by atoms with Crippen LogP contribution < -0.4 is 0 Å². The minimum Gasteiger partial charge on any atom is -0.293 e. The van der Waals surface area contributed by atoms with Gasteiger partial charge in [-0.3, -0.25) is 4.90 Å². The van der Waals surface area contributed by atoms with Gasteiger partial charge in [-0.15, -0.1) is 11.3 Å². The summed E-state index contributed by atoms with van der Waals surface area (Å²) in [5, 5.41) is 0.114. The normalized spacial score (nSPS) is 19.4. The Morgan fingerprint density at radius 2 is 1.79 bits per heavy atom. The molecule has 0 radical (unpaired) electrons. The smallest absolute Gasteiger partial charge is 0.293 e. The first kappa shape index (κ1) is 24.0. The van der Waals surface area contributed by atoms with Crippen molar-refractivity contribution in [1.29, 1.82) is 0 Å². The Bertz CT molecular complexity index is 1160. The van der Waals surface area contributed by atoms with Crippen molar-refractivity contribution in [2.45, 2.75) is 57.9 Å². The van der Waals surface area contributed by atoms with Crippen molar-refractivity contribution in [3.05, 3.63) is 62.5 Å². The van der Waals surface area contributed by atoms with E-state index in [0.717, 1.165) is 31.3 Å². The van der Waals surface area contributed by atoms with Crippen LogP contribution in [0.5, 0.6) is 0 Å². The van der Waals surface area contributed by atoms with E-state index in [-0.39, 0.29) is 40.6 Å². The number of aromatic nitrogens is 3. The maximum Gasteiger partial charge on any atom is 0.416 e. The maximum atomic E-state index is 14.3. The van der Waals surface area contributed by atoms with Gasteiger partial charge < -0.3 is 0 Å². The van der Waals surface area contributed by atoms with Gasteiger partial charge in [-0.1, -0.05) is 11.6 Å². The fourth-order valence-corrected chi connectivity index (χ4v) is 5.33. The molecule has 4 rings (SSSR count). The topological polar surface area (TPSA) is 41.9 Å². The highest BCUT2D eigenvalue weighted by atomic mass is 35.5. The predicted octanol–water partition coefficient (Wildman–Crippen LogP) is 6.51. The van der Waals surface area contributed by atoms with Crippen molar-refractivity contribution >= 4 is 22.9 Å². The number of hydrogen-bond acceptors (Lipinski definition) is 5. The van der Waals surface area contributed by atoms with Crippen LogP contribution in [0.15, 0.2) is 24.5 Å². The molecule has 3 aromatic rings. The number of rotatable bonds is 5. The second-order valence-corrected chi connectivity index (χ2v) is 9.68. The Morgan fingerprint density at radius 1 is 1.09 bits per heavy atom. The summed E-state index contributed by atoms with van der Waals surface area (Å²) in [5.74, 6) is -1.78. The van der Waals surface area contributed by atoms with Crippen molar-refractivity contribution in [3.63, 3.8) is 0 Å². The molecule has 2 atom stereocenters. The molecule has 1 aromatic carbocycles. The van der Waals surface area contributed by atoms with Crippen molar-refractivity contribution in [2.75, 3.05) is 0 Å². The molecule has 0 unspecified atom stereocenters. The van der Waals surface area contributed by atoms with E-state index in [0.29, 0.717) is 22.5 Å². The molecule has 1 aliphatic heterocycles. The molecule has 1 fully saturated rings. The van der Waals surface area contributed by atoms with E-state index < -0.39 is 23.4 Å². The molecule has 0 aliphatic carbocycles. The number of hydrogen-bond donors (Lipinski definition) is 0. The zero-order valence-electron chi connectivity index (χ0n) is 17.8. The lowest BCUT2D eigenvalue weighted by atomic mass is 10.1. The van der Waals surface area contributed by atoms with Crippen molar-refractivity contribution in [3.8, 4) is 11.3 Å². The summed E-state index contributed by atoms with van der Waals surface area (Å²) < 4.78 is 68.4. The first-order valence-corrected chi connectivity index (χ1v) is 11.5. The number of nitrogens with zero attached hydrogens (tertiary/aromatic N) is 4. The van der Waals surface area contributed by atoms with Gasteiger partial charge in [0.05, 0.1) is 22.0 Å². The molecule has 1 aliphatic rings. The van der Waals surface area contributed by atoms with Crippen molar-refractivity contribution in [2.24, 2.45) is 0 Å². The van der Waals surface area contributed by atoms with Crippen LogP contribution >= 0.6 is 22.9 Å². The van der Waals surface area contributed by atoms with E-state index in [9.17, 15) is 22.0 Å². The summed E-state index contributed by atoms with van der Waals surface area (Å²) >= 11 is 6.98. The molecule has 0 saturated carbocycles. The van der Waals surface area contributed by atoms with Gasteiger partial charge in [0.2, 0.25) is 0 Å². The van der Waals surface area contributed by atoms with Crippen LogP contribution in [-0.4, -0.2) is 31.9 Å². The molecular weight excluding hydrogens is 483 g/mol. The summed E-state index contributed by atoms with van der Waals surface area (Å²) in [7, 11) is 0. The third-order valence-corrected chi connectivity index (χ3v) is 7.14. The first-order valence-electron chi connectivity index (χ1n) is 10.3. The zero-order valence-corrected chi connectivity index (χ0v) is 19.3. The van der Waals surface area contributed by atoms with E-state index in [2.05, 4.69) is 33.7 Å². The van der Waals surface area contributed by atoms with E-state index >= 15 is 0 Å². The van der Waals surface area contributed by atoms with Crippen molar-refractivity contribution in [1.82, 2.24) is 19.9 Å². The van der Waals surface area contributed by atoms with Gasteiger partial charge in [-0.05, 0) is 44.9 Å². The fraction of sp³-hybridized carbons (Fsp3) is 0.409. The van der Waals surface area contributed by atoms with Gasteiger partial charge in [0.25, 0.3) is 0 Å². The lowest BCUT2D eigenvalue weighted by molar-refractivity contribution is -0.137. The Balaban J connectivity index is 1.78. The molecule has 4 nitrogen and oxygen atoms in total. The molecule has 33 heavy (non-hydrogen) atoms. The summed E-state index contributed by atoms with van der Waals surface area (Å²) in [6, 6.07) is 2.96. The molecule has 0 amide bonds. The third-order valence-electron chi connectivity index (χ3n) is 5.84. The number of likely N-dealkylation sites (tertiary alicyclic amines) is 1. The number of thiazole rings is 1. The Labute approximate surface area is 196 Å². The van der Waals surface area contributed by atoms with Gasteiger partial charge in [0.15, 0.2) is 11.0 Å². The monoisotopic (exact) mass is 502 g/mol. The van der Waals surface area contributed by atoms with E-state index in [1.54, 1.807) is 0 Å². The van der Waals surface area contributed by atoms with E-state index in [1.807, 2.05) is 0 Å². The van der Waals surface area contributed by atoms with Crippen LogP contribution in [0.25, 0.3) is 11.3 Å². The molecule has 0 spiro atoms. The van der Waals surface area contributed by atoms with Crippen LogP contribution in [-0.2, 0) is 19.1 Å². The predicted molar refractivity (Wildman–Crippen MR) is 116 cm³/mol. The largest absolute Gasteiger partial charge is 0.416 e. The highest BCUT2D eigenvalue weighted by Gasteiger charge is 2.33. The van der Waals surface area contributed by atoms with Gasteiger partial charge in [0.1, 0.15) is 12.1 Å². The first-order chi connectivity index (χ1) is 15.5. The molecule has 0 N–H and O–H groups in total. The van der Waals surface area contributed by atoms with Gasteiger partial charge in [-0.2, -0.15) is 13.2 Å². The highest BCUT2D eigenvalue weighted by Crippen LogP contribution is 2.37. The zero-order chi connectivity index (χ0) is 23.9. The highest BCUT2D eigenvalue weighted by molar-refractivity contribution is 7.12. The molecule has 2 aromatic heterocycles. The van der Waals surface area contributed by atoms with Crippen LogP contribution in [0.1, 0.15) is 47.8 Å². The van der Waals surface area contributed by atoms with Gasteiger partial charge >= 0.3 is 6.18 Å². The second kappa shape index (κ2) is 9.23. The third kappa shape index (κ3) is 5.17. The number of halogens is 6. The SMILES string of the molecule is C[C@@H]1CC[C@@H](C)N1Cc1sc(Cc2ncnc(Cl)c2F)nc1-c1cc(F)cc(C(F)(F)F)c1. The quantitative estimate of drug-likeness (QED) is 0.294. The standard InChI is InChI=1S/C22H20ClF5N4S/c1-11-3-4-12(2)32(11)9-17-20(13-5-14(22(26,27)28)7-15(24)6-13)31-18(33-17)8-16-19(25)21(23)30-10-29-16/h5-7,10-12H,3-4,8-9H2,1-2H3/t11-,12-/m1/s1. The average molecular weight is 503 g/mol. The molecule has 3 heterocycles. The summed E-state index contributed by atoms with van der Waals surface area (Å²) in [5.41, 5.74) is -0.776. The number of benzene rings is 1. The fourth-order valence-electron chi connectivity index (χ4n) is 4.07. The van der Waals surface area contributed by atoms with Crippen LogP contribution in [0, 0.1) is 11.6 Å². The van der Waals surface area contributed by atoms with Crippen LogP contribution in [0.3, 0.4) is 0 Å². The maximum absolute atomic E-state index is 14.3. The minimum absolute atomic E-state index is 0.0156. The average Bonchev–Trinajstić information content (AvgIpc) is 3.28. The Hall–Kier alpha value is -2.17. The molecule has 0 bridgehead atoms. The number of alkyl halides is 3. The molecule has 1 saturated heterocycles. The lowest BCUT2D eigenvalue weighted by Crippen LogP contribution is -2.31. The summed E-state index contributed by atoms with van der Waals surface area (Å²) in [6.45, 7) is 4.63. The summed E-state index contributed by atoms with van der Waals surface area (Å²) in [6.07, 6.45) is -1.57. The van der Waals surface area contributed by atoms with E-state index in [4.69, 9.17) is 11.6 Å². The lowest BCUT2D eigenvalue weighted by Gasteiger charge is -2.25. The molecular formula is C22H20ClF5N4S. The van der Waals surface area contributed by atoms with Gasteiger partial charge in [-0.25, -0.2) is 23.7 Å². The molecule has 176 valence electrons. The van der Waals surface area contributed by atoms with Crippen LogP contribution in [0.2, 0.25) is 5.15 Å². The van der Waals surface area contributed by atoms with Crippen LogP contribution in [0.4, 0.5) is 22.0 Å². The Kier molecular flexibility index (Phi) is 6.70. The summed E-state index contributed by atoms with van der Waals surface area (Å²) in [4.78, 5) is 14.9.